The molecule has 0 radical (unpaired) electrons. The molecular weight excluding hydrogens is 299 g/mol. The molecule has 0 fully saturated rings. The third-order valence-corrected chi connectivity index (χ3v) is 2.76. The third-order valence-electron chi connectivity index (χ3n) is 1.98. The van der Waals surface area contributed by atoms with Crippen LogP contribution in [0.25, 0.3) is 0 Å². The van der Waals surface area contributed by atoms with E-state index in [1.54, 1.807) is 6.07 Å². The molecule has 0 aliphatic heterocycles. The predicted octanol–water partition coefficient (Wildman–Crippen LogP) is 2.85. The van der Waals surface area contributed by atoms with E-state index in [9.17, 15) is 4.79 Å². The lowest BCUT2D eigenvalue weighted by atomic mass is 10.1. The number of rotatable bonds is 4. The van der Waals surface area contributed by atoms with Crippen molar-refractivity contribution in [2.75, 3.05) is 21.3 Å². The summed E-state index contributed by atoms with van der Waals surface area (Å²) in [5.41, 5.74) is 0.137. The van der Waals surface area contributed by atoms with Crippen molar-refractivity contribution in [2.45, 2.75) is 0 Å². The largest absolute Gasteiger partial charge is 0.495 e. The summed E-state index contributed by atoms with van der Waals surface area (Å²) in [6.07, 6.45) is 0. The molecule has 0 aliphatic carbocycles. The molecule has 0 spiro atoms. The second kappa shape index (κ2) is 5.41. The van der Waals surface area contributed by atoms with E-state index in [0.29, 0.717) is 16.0 Å². The molecule has 0 atom stereocenters. The molecule has 0 aromatic heterocycles. The van der Waals surface area contributed by atoms with Crippen LogP contribution < -0.4 is 14.2 Å². The maximum atomic E-state index is 11.4. The van der Waals surface area contributed by atoms with E-state index >= 15 is 0 Å². The average molecular weight is 310 g/mol. The Balaban J connectivity index is 3.60. The zero-order valence-electron chi connectivity index (χ0n) is 8.97. The molecule has 1 aromatic rings. The first-order chi connectivity index (χ1) is 7.56. The third kappa shape index (κ3) is 2.25. The summed E-state index contributed by atoms with van der Waals surface area (Å²) in [4.78, 5) is 11.4. The molecule has 0 N–H and O–H groups in total. The predicted molar refractivity (Wildman–Crippen MR) is 64.0 cm³/mol. The Labute approximate surface area is 107 Å². The Hall–Kier alpha value is -0.940. The van der Waals surface area contributed by atoms with Crippen molar-refractivity contribution in [3.63, 3.8) is 0 Å². The van der Waals surface area contributed by atoms with Gasteiger partial charge in [-0.3, -0.25) is 4.79 Å². The SMILES string of the molecule is COc1cc(Br)c(OC)c(C(=O)Cl)c1OC. The van der Waals surface area contributed by atoms with E-state index in [4.69, 9.17) is 25.8 Å². The van der Waals surface area contributed by atoms with Crippen LogP contribution in [-0.4, -0.2) is 26.6 Å². The van der Waals surface area contributed by atoms with Gasteiger partial charge in [0.2, 0.25) is 0 Å². The van der Waals surface area contributed by atoms with E-state index in [2.05, 4.69) is 15.9 Å². The number of hydrogen-bond acceptors (Lipinski definition) is 4. The van der Waals surface area contributed by atoms with Crippen LogP contribution in [0.1, 0.15) is 10.4 Å². The first kappa shape index (κ1) is 13.1. The smallest absolute Gasteiger partial charge is 0.260 e. The molecule has 0 saturated heterocycles. The van der Waals surface area contributed by atoms with Gasteiger partial charge >= 0.3 is 0 Å². The fourth-order valence-corrected chi connectivity index (χ4v) is 2.06. The summed E-state index contributed by atoms with van der Waals surface area (Å²) < 4.78 is 15.8. The first-order valence-corrected chi connectivity index (χ1v) is 5.42. The Morgan fingerprint density at radius 3 is 2.12 bits per heavy atom. The molecule has 1 rings (SSSR count). The molecule has 88 valence electrons. The lowest BCUT2D eigenvalue weighted by Gasteiger charge is -2.15. The fraction of sp³-hybridized carbons (Fsp3) is 0.300. The number of carbonyl (C=O) groups excluding carboxylic acids is 1. The van der Waals surface area contributed by atoms with Crippen molar-refractivity contribution in [1.29, 1.82) is 0 Å². The number of hydrogen-bond donors (Lipinski definition) is 0. The molecule has 0 heterocycles. The summed E-state index contributed by atoms with van der Waals surface area (Å²) in [6, 6.07) is 1.64. The molecule has 16 heavy (non-hydrogen) atoms. The maximum Gasteiger partial charge on any atom is 0.260 e. The minimum atomic E-state index is -0.673. The van der Waals surface area contributed by atoms with Crippen molar-refractivity contribution in [3.8, 4) is 17.2 Å². The van der Waals surface area contributed by atoms with Crippen molar-refractivity contribution < 1.29 is 19.0 Å². The minimum Gasteiger partial charge on any atom is -0.495 e. The van der Waals surface area contributed by atoms with Gasteiger partial charge in [0, 0.05) is 6.07 Å². The minimum absolute atomic E-state index is 0.137. The van der Waals surface area contributed by atoms with Crippen LogP contribution in [0.2, 0.25) is 0 Å². The monoisotopic (exact) mass is 308 g/mol. The van der Waals surface area contributed by atoms with Gasteiger partial charge in [0.25, 0.3) is 5.24 Å². The van der Waals surface area contributed by atoms with Gasteiger partial charge in [0.1, 0.15) is 11.3 Å². The number of methoxy groups -OCH3 is 3. The average Bonchev–Trinajstić information content (AvgIpc) is 2.27. The zero-order chi connectivity index (χ0) is 12.3. The van der Waals surface area contributed by atoms with Gasteiger partial charge < -0.3 is 14.2 Å². The van der Waals surface area contributed by atoms with Crippen LogP contribution in [0, 0.1) is 0 Å². The molecule has 0 bridgehead atoms. The number of ether oxygens (including phenoxy) is 3. The molecule has 4 nitrogen and oxygen atoms in total. The van der Waals surface area contributed by atoms with E-state index in [0.717, 1.165) is 0 Å². The van der Waals surface area contributed by atoms with E-state index in [1.807, 2.05) is 0 Å². The van der Waals surface area contributed by atoms with Crippen molar-refractivity contribution in [2.24, 2.45) is 0 Å². The highest BCUT2D eigenvalue weighted by atomic mass is 79.9. The van der Waals surface area contributed by atoms with E-state index in [1.165, 1.54) is 21.3 Å². The van der Waals surface area contributed by atoms with Crippen LogP contribution in [0.5, 0.6) is 17.2 Å². The second-order valence-corrected chi connectivity index (χ2v) is 3.97. The first-order valence-electron chi connectivity index (χ1n) is 4.25. The molecule has 1 aromatic carbocycles. The van der Waals surface area contributed by atoms with Gasteiger partial charge in [-0.2, -0.15) is 0 Å². The fourth-order valence-electron chi connectivity index (χ4n) is 1.32. The van der Waals surface area contributed by atoms with Gasteiger partial charge in [-0.1, -0.05) is 0 Å². The zero-order valence-corrected chi connectivity index (χ0v) is 11.3. The topological polar surface area (TPSA) is 44.8 Å². The Bertz CT molecular complexity index is 420. The Kier molecular flexibility index (Phi) is 4.44. The van der Waals surface area contributed by atoms with Crippen LogP contribution >= 0.6 is 27.5 Å². The molecule has 6 heteroatoms. The van der Waals surface area contributed by atoms with E-state index in [-0.39, 0.29) is 11.3 Å². The van der Waals surface area contributed by atoms with Crippen LogP contribution in [0.4, 0.5) is 0 Å². The van der Waals surface area contributed by atoms with E-state index < -0.39 is 5.24 Å². The van der Waals surface area contributed by atoms with Gasteiger partial charge in [-0.05, 0) is 27.5 Å². The molecule has 0 amide bonds. The van der Waals surface area contributed by atoms with Crippen LogP contribution in [-0.2, 0) is 0 Å². The Morgan fingerprint density at radius 2 is 1.75 bits per heavy atom. The number of benzene rings is 1. The van der Waals surface area contributed by atoms with Crippen molar-refractivity contribution in [1.82, 2.24) is 0 Å². The van der Waals surface area contributed by atoms with Crippen molar-refractivity contribution >= 4 is 32.8 Å². The lowest BCUT2D eigenvalue weighted by Crippen LogP contribution is -2.02. The lowest BCUT2D eigenvalue weighted by molar-refractivity contribution is 0.107. The molecular formula is C10H10BrClO4. The van der Waals surface area contributed by atoms with Crippen LogP contribution in [0.3, 0.4) is 0 Å². The summed E-state index contributed by atoms with van der Waals surface area (Å²) in [6.45, 7) is 0. The molecule has 0 saturated carbocycles. The number of halogens is 2. The highest BCUT2D eigenvalue weighted by Gasteiger charge is 2.23. The standard InChI is InChI=1S/C10H10BrClO4/c1-14-6-4-5(11)8(15-2)7(10(12)13)9(6)16-3/h4H,1-3H3. The highest BCUT2D eigenvalue weighted by molar-refractivity contribution is 9.10. The number of carbonyl (C=O) groups is 1. The van der Waals surface area contributed by atoms with Gasteiger partial charge in [-0.25, -0.2) is 0 Å². The molecule has 0 unspecified atom stereocenters. The quantitative estimate of drug-likeness (QED) is 0.802. The van der Waals surface area contributed by atoms with Gasteiger partial charge in [0.15, 0.2) is 11.5 Å². The summed E-state index contributed by atoms with van der Waals surface area (Å²) in [7, 11) is 4.34. The summed E-state index contributed by atoms with van der Waals surface area (Å²) in [5, 5.41) is -0.673. The normalized spacial score (nSPS) is 9.81. The summed E-state index contributed by atoms with van der Waals surface area (Å²) >= 11 is 8.76. The van der Waals surface area contributed by atoms with Gasteiger partial charge in [-0.15, -0.1) is 0 Å². The van der Waals surface area contributed by atoms with Crippen LogP contribution in [0.15, 0.2) is 10.5 Å². The highest BCUT2D eigenvalue weighted by Crippen LogP contribution is 2.43. The van der Waals surface area contributed by atoms with Gasteiger partial charge in [0.05, 0.1) is 25.8 Å². The second-order valence-electron chi connectivity index (χ2n) is 2.78. The van der Waals surface area contributed by atoms with Crippen molar-refractivity contribution in [3.05, 3.63) is 16.1 Å². The maximum absolute atomic E-state index is 11.4. The Morgan fingerprint density at radius 1 is 1.19 bits per heavy atom. The summed E-state index contributed by atoms with van der Waals surface area (Å²) in [5.74, 6) is 0.972. The molecule has 0 aliphatic rings.